The average Bonchev–Trinajstić information content (AvgIpc) is 2.27. The molecule has 4 heteroatoms. The molecule has 0 aliphatic carbocycles. The summed E-state index contributed by atoms with van der Waals surface area (Å²) in [6, 6.07) is 7.45. The molecule has 4 nitrogen and oxygen atoms in total. The van der Waals surface area contributed by atoms with Crippen LogP contribution >= 0.6 is 0 Å². The maximum absolute atomic E-state index is 12.1. The van der Waals surface area contributed by atoms with Crippen LogP contribution in [0.1, 0.15) is 29.8 Å². The van der Waals surface area contributed by atoms with Crippen LogP contribution in [-0.4, -0.2) is 36.2 Å². The molecular formula is C15H22N2O2. The maximum atomic E-state index is 12.1. The number of nitrogens with two attached hydrogens (primary N) is 1. The number of aryl methyl sites for hydroxylation is 1. The van der Waals surface area contributed by atoms with Crippen LogP contribution in [0.5, 0.6) is 0 Å². The van der Waals surface area contributed by atoms with Crippen molar-refractivity contribution >= 4 is 11.7 Å². The van der Waals surface area contributed by atoms with Gasteiger partial charge in [-0.3, -0.25) is 14.5 Å². The van der Waals surface area contributed by atoms with E-state index in [1.165, 1.54) is 0 Å². The Morgan fingerprint density at radius 3 is 2.21 bits per heavy atom. The lowest BCUT2D eigenvalue weighted by Crippen LogP contribution is -2.39. The van der Waals surface area contributed by atoms with Crippen LogP contribution in [0.4, 0.5) is 0 Å². The summed E-state index contributed by atoms with van der Waals surface area (Å²) < 4.78 is 0. The molecule has 0 aliphatic heterocycles. The molecule has 0 heterocycles. The Balaban J connectivity index is 2.69. The van der Waals surface area contributed by atoms with Gasteiger partial charge in [0.05, 0.1) is 13.1 Å². The molecule has 2 N–H and O–H groups in total. The predicted molar refractivity (Wildman–Crippen MR) is 76.0 cm³/mol. The first-order valence-corrected chi connectivity index (χ1v) is 6.49. The van der Waals surface area contributed by atoms with Gasteiger partial charge in [-0.15, -0.1) is 0 Å². The molecule has 104 valence electrons. The zero-order valence-electron chi connectivity index (χ0n) is 11.8. The average molecular weight is 262 g/mol. The van der Waals surface area contributed by atoms with Crippen molar-refractivity contribution < 1.29 is 9.59 Å². The van der Waals surface area contributed by atoms with Gasteiger partial charge in [0.2, 0.25) is 5.91 Å². The zero-order valence-corrected chi connectivity index (χ0v) is 11.8. The molecule has 0 bridgehead atoms. The number of rotatable bonds is 7. The number of amides is 1. The Bertz CT molecular complexity index is 438. The van der Waals surface area contributed by atoms with E-state index in [0.717, 1.165) is 5.56 Å². The van der Waals surface area contributed by atoms with Gasteiger partial charge >= 0.3 is 0 Å². The molecule has 1 aromatic carbocycles. The van der Waals surface area contributed by atoms with Gasteiger partial charge in [-0.2, -0.15) is 0 Å². The Labute approximate surface area is 114 Å². The highest BCUT2D eigenvalue weighted by atomic mass is 16.1. The zero-order chi connectivity index (χ0) is 14.4. The van der Waals surface area contributed by atoms with Gasteiger partial charge in [0, 0.05) is 12.1 Å². The molecule has 0 unspecified atom stereocenters. The maximum Gasteiger partial charge on any atom is 0.231 e. The van der Waals surface area contributed by atoms with Crippen molar-refractivity contribution in [3.63, 3.8) is 0 Å². The Morgan fingerprint density at radius 2 is 1.74 bits per heavy atom. The van der Waals surface area contributed by atoms with E-state index in [9.17, 15) is 9.59 Å². The van der Waals surface area contributed by atoms with Crippen LogP contribution in [0.3, 0.4) is 0 Å². The minimum absolute atomic E-state index is 0.0156. The number of hydrogen-bond acceptors (Lipinski definition) is 3. The van der Waals surface area contributed by atoms with Crippen molar-refractivity contribution in [2.75, 3.05) is 19.6 Å². The molecule has 0 saturated heterocycles. The second-order valence-corrected chi connectivity index (χ2v) is 5.32. The fourth-order valence-corrected chi connectivity index (χ4v) is 1.96. The third kappa shape index (κ3) is 5.66. The Kier molecular flexibility index (Phi) is 5.70. The minimum atomic E-state index is -0.405. The first kappa shape index (κ1) is 15.4. The molecule has 19 heavy (non-hydrogen) atoms. The summed E-state index contributed by atoms with van der Waals surface area (Å²) in [5, 5.41) is 0. The van der Waals surface area contributed by atoms with E-state index in [0.29, 0.717) is 18.0 Å². The largest absolute Gasteiger partial charge is 0.369 e. The normalized spacial score (nSPS) is 11.0. The molecule has 1 amide bonds. The fraction of sp³-hybridized carbons (Fsp3) is 0.467. The van der Waals surface area contributed by atoms with E-state index in [4.69, 9.17) is 5.73 Å². The quantitative estimate of drug-likeness (QED) is 0.759. The number of Topliss-reactive ketones (excluding diaryl/α,β-unsaturated/α-hetero) is 1. The summed E-state index contributed by atoms with van der Waals surface area (Å²) in [5.74, 6) is -0.00979. The van der Waals surface area contributed by atoms with Crippen molar-refractivity contribution in [3.05, 3.63) is 35.4 Å². The van der Waals surface area contributed by atoms with Gasteiger partial charge in [0.15, 0.2) is 5.78 Å². The number of carbonyl (C=O) groups excluding carboxylic acids is 2. The van der Waals surface area contributed by atoms with Crippen LogP contribution in [0, 0.1) is 12.8 Å². The van der Waals surface area contributed by atoms with Crippen molar-refractivity contribution in [2.45, 2.75) is 20.8 Å². The third-order valence-electron chi connectivity index (χ3n) is 2.74. The van der Waals surface area contributed by atoms with Gasteiger partial charge in [-0.1, -0.05) is 43.7 Å². The molecule has 0 radical (unpaired) electrons. The number of carbonyl (C=O) groups is 2. The summed E-state index contributed by atoms with van der Waals surface area (Å²) in [7, 11) is 0. The molecular weight excluding hydrogens is 240 g/mol. The highest BCUT2D eigenvalue weighted by Gasteiger charge is 2.15. The van der Waals surface area contributed by atoms with E-state index in [2.05, 4.69) is 0 Å². The number of hydrogen-bond donors (Lipinski definition) is 1. The molecule has 0 spiro atoms. The topological polar surface area (TPSA) is 63.4 Å². The minimum Gasteiger partial charge on any atom is -0.369 e. The van der Waals surface area contributed by atoms with E-state index in [1.54, 1.807) is 4.90 Å². The van der Waals surface area contributed by atoms with Gasteiger partial charge in [0.1, 0.15) is 0 Å². The summed E-state index contributed by atoms with van der Waals surface area (Å²) in [6.07, 6.45) is 0. The van der Waals surface area contributed by atoms with Crippen LogP contribution in [0.2, 0.25) is 0 Å². The number of ketones is 1. The summed E-state index contributed by atoms with van der Waals surface area (Å²) in [4.78, 5) is 25.0. The highest BCUT2D eigenvalue weighted by molar-refractivity contribution is 5.97. The summed E-state index contributed by atoms with van der Waals surface area (Å²) >= 11 is 0. The first-order valence-electron chi connectivity index (χ1n) is 6.49. The SMILES string of the molecule is Cc1ccc(C(=O)CN(CC(N)=O)CC(C)C)cc1. The van der Waals surface area contributed by atoms with Crippen LogP contribution in [0.15, 0.2) is 24.3 Å². The van der Waals surface area contributed by atoms with Gasteiger partial charge in [-0.25, -0.2) is 0 Å². The van der Waals surface area contributed by atoms with Crippen LogP contribution < -0.4 is 5.73 Å². The lowest BCUT2D eigenvalue weighted by molar-refractivity contribution is -0.119. The molecule has 1 rings (SSSR count). The van der Waals surface area contributed by atoms with Crippen molar-refractivity contribution in [2.24, 2.45) is 11.7 Å². The molecule has 0 fully saturated rings. The van der Waals surface area contributed by atoms with E-state index >= 15 is 0 Å². The van der Waals surface area contributed by atoms with Crippen molar-refractivity contribution in [3.8, 4) is 0 Å². The van der Waals surface area contributed by atoms with Gasteiger partial charge in [-0.05, 0) is 12.8 Å². The smallest absolute Gasteiger partial charge is 0.231 e. The standard InChI is InChI=1S/C15H22N2O2/c1-11(2)8-17(10-15(16)19)9-14(18)13-6-4-12(3)5-7-13/h4-7,11H,8-10H2,1-3H3,(H2,16,19). The van der Waals surface area contributed by atoms with E-state index in [1.807, 2.05) is 45.0 Å². The molecule has 0 aromatic heterocycles. The highest BCUT2D eigenvalue weighted by Crippen LogP contribution is 2.06. The predicted octanol–water partition coefficient (Wildman–Crippen LogP) is 1.62. The lowest BCUT2D eigenvalue weighted by Gasteiger charge is -2.21. The van der Waals surface area contributed by atoms with Crippen LogP contribution in [0.25, 0.3) is 0 Å². The third-order valence-corrected chi connectivity index (χ3v) is 2.74. The number of nitrogens with zero attached hydrogens (tertiary/aromatic N) is 1. The van der Waals surface area contributed by atoms with Crippen molar-refractivity contribution in [1.29, 1.82) is 0 Å². The number of benzene rings is 1. The Hall–Kier alpha value is -1.68. The molecule has 0 aliphatic rings. The number of primary amides is 1. The van der Waals surface area contributed by atoms with Gasteiger partial charge in [0.25, 0.3) is 0 Å². The monoisotopic (exact) mass is 262 g/mol. The molecule has 0 atom stereocenters. The van der Waals surface area contributed by atoms with E-state index in [-0.39, 0.29) is 18.9 Å². The molecule has 0 saturated carbocycles. The van der Waals surface area contributed by atoms with Crippen molar-refractivity contribution in [1.82, 2.24) is 4.90 Å². The summed E-state index contributed by atoms with van der Waals surface area (Å²) in [5.41, 5.74) is 7.00. The second kappa shape index (κ2) is 7.04. The lowest BCUT2D eigenvalue weighted by atomic mass is 10.1. The van der Waals surface area contributed by atoms with Gasteiger partial charge < -0.3 is 5.73 Å². The fourth-order valence-electron chi connectivity index (χ4n) is 1.96. The summed E-state index contributed by atoms with van der Waals surface area (Å²) in [6.45, 7) is 7.10. The molecule has 1 aromatic rings. The van der Waals surface area contributed by atoms with Crippen LogP contribution in [-0.2, 0) is 4.79 Å². The second-order valence-electron chi connectivity index (χ2n) is 5.32. The first-order chi connectivity index (χ1) is 8.88. The van der Waals surface area contributed by atoms with E-state index < -0.39 is 5.91 Å². The Morgan fingerprint density at radius 1 is 1.16 bits per heavy atom.